The molecular formula is C24H34O3Si. The normalized spacial score (nSPS) is 13.2. The van der Waals surface area contributed by atoms with E-state index in [2.05, 4.69) is 88.4 Å². The predicted molar refractivity (Wildman–Crippen MR) is 119 cm³/mol. The van der Waals surface area contributed by atoms with Gasteiger partial charge in [-0.2, -0.15) is 0 Å². The minimum absolute atomic E-state index is 0.0314. The molecule has 0 bridgehead atoms. The van der Waals surface area contributed by atoms with Crippen molar-refractivity contribution in [1.29, 1.82) is 0 Å². The van der Waals surface area contributed by atoms with Crippen LogP contribution in [0.5, 0.6) is 0 Å². The third-order valence-corrected chi connectivity index (χ3v) is 10.5. The molecule has 1 atom stereocenters. The second-order valence-corrected chi connectivity index (χ2v) is 12.7. The van der Waals surface area contributed by atoms with Gasteiger partial charge in [-0.05, 0) is 27.8 Å². The van der Waals surface area contributed by atoms with Crippen molar-refractivity contribution >= 4 is 24.7 Å². The van der Waals surface area contributed by atoms with Gasteiger partial charge >= 0.3 is 5.97 Å². The van der Waals surface area contributed by atoms with Crippen LogP contribution in [0, 0.1) is 5.92 Å². The van der Waals surface area contributed by atoms with Crippen molar-refractivity contribution in [2.45, 2.75) is 52.0 Å². The molecule has 0 saturated heterocycles. The molecule has 2 aromatic carbocycles. The summed E-state index contributed by atoms with van der Waals surface area (Å²) in [6, 6.07) is 21.4. The van der Waals surface area contributed by atoms with E-state index in [4.69, 9.17) is 9.16 Å². The number of carbonyl (C=O) groups is 1. The molecule has 4 heteroatoms. The van der Waals surface area contributed by atoms with E-state index >= 15 is 0 Å². The average molecular weight is 399 g/mol. The Balaban J connectivity index is 2.40. The first kappa shape index (κ1) is 22.4. The average Bonchev–Trinajstić information content (AvgIpc) is 2.71. The Hall–Kier alpha value is -1.91. The summed E-state index contributed by atoms with van der Waals surface area (Å²) >= 11 is 0. The first-order chi connectivity index (χ1) is 13.3. The lowest BCUT2D eigenvalue weighted by Crippen LogP contribution is -2.66. The van der Waals surface area contributed by atoms with Gasteiger partial charge in [0.05, 0.1) is 7.11 Å². The van der Waals surface area contributed by atoms with Gasteiger partial charge in [-0.1, -0.05) is 94.8 Å². The van der Waals surface area contributed by atoms with E-state index in [9.17, 15) is 4.79 Å². The lowest BCUT2D eigenvalue weighted by atomic mass is 10.0. The van der Waals surface area contributed by atoms with Crippen molar-refractivity contribution in [1.82, 2.24) is 0 Å². The van der Waals surface area contributed by atoms with Gasteiger partial charge in [0.15, 0.2) is 0 Å². The summed E-state index contributed by atoms with van der Waals surface area (Å²) in [6.45, 7) is 9.68. The zero-order valence-electron chi connectivity index (χ0n) is 17.9. The first-order valence-corrected chi connectivity index (χ1v) is 12.1. The molecule has 0 N–H and O–H groups in total. The molecule has 2 rings (SSSR count). The largest absolute Gasteiger partial charge is 0.469 e. The van der Waals surface area contributed by atoms with Crippen LogP contribution in [0.4, 0.5) is 0 Å². The molecule has 28 heavy (non-hydrogen) atoms. The van der Waals surface area contributed by atoms with Crippen molar-refractivity contribution in [3.8, 4) is 0 Å². The summed E-state index contributed by atoms with van der Waals surface area (Å²) in [4.78, 5) is 11.6. The van der Waals surface area contributed by atoms with Gasteiger partial charge in [-0.25, -0.2) is 0 Å². The van der Waals surface area contributed by atoms with Crippen LogP contribution in [0.15, 0.2) is 60.7 Å². The Morgan fingerprint density at radius 1 is 0.964 bits per heavy atom. The van der Waals surface area contributed by atoms with Gasteiger partial charge in [-0.3, -0.25) is 4.79 Å². The van der Waals surface area contributed by atoms with E-state index in [0.717, 1.165) is 12.8 Å². The fourth-order valence-corrected chi connectivity index (χ4v) is 8.47. The SMILES string of the molecule is CC[C@@H](CCC(=O)OC)CO[Si](c1ccccc1)(c1ccccc1)C(C)(C)C. The Bertz CT molecular complexity index is 683. The lowest BCUT2D eigenvalue weighted by Gasteiger charge is -2.43. The van der Waals surface area contributed by atoms with Crippen LogP contribution in [0.2, 0.25) is 5.04 Å². The Morgan fingerprint density at radius 3 is 1.86 bits per heavy atom. The minimum Gasteiger partial charge on any atom is -0.469 e. The van der Waals surface area contributed by atoms with Crippen LogP contribution in [-0.2, 0) is 14.0 Å². The maximum Gasteiger partial charge on any atom is 0.305 e. The molecule has 3 nitrogen and oxygen atoms in total. The highest BCUT2D eigenvalue weighted by atomic mass is 28.4. The molecule has 2 aromatic rings. The van der Waals surface area contributed by atoms with E-state index in [1.54, 1.807) is 0 Å². The molecule has 0 aliphatic rings. The fraction of sp³-hybridized carbons (Fsp3) is 0.458. The molecule has 0 heterocycles. The molecular weight excluding hydrogens is 364 g/mol. The van der Waals surface area contributed by atoms with Gasteiger partial charge in [0.1, 0.15) is 0 Å². The summed E-state index contributed by atoms with van der Waals surface area (Å²) in [5.41, 5.74) is 0. The van der Waals surface area contributed by atoms with Crippen LogP contribution < -0.4 is 10.4 Å². The van der Waals surface area contributed by atoms with Gasteiger partial charge in [0.25, 0.3) is 8.32 Å². The van der Waals surface area contributed by atoms with Crippen LogP contribution in [0.1, 0.15) is 47.0 Å². The maximum atomic E-state index is 11.6. The number of hydrogen-bond donors (Lipinski definition) is 0. The number of ether oxygens (including phenoxy) is 1. The summed E-state index contributed by atoms with van der Waals surface area (Å²) in [5.74, 6) is 0.185. The third-order valence-electron chi connectivity index (χ3n) is 5.51. The zero-order valence-corrected chi connectivity index (χ0v) is 18.9. The molecule has 0 spiro atoms. The zero-order chi connectivity index (χ0) is 20.6. The Labute approximate surface area is 171 Å². The maximum absolute atomic E-state index is 11.6. The number of carbonyl (C=O) groups excluding carboxylic acids is 1. The summed E-state index contributed by atoms with van der Waals surface area (Å²) in [5, 5.41) is 2.55. The fourth-order valence-electron chi connectivity index (χ4n) is 3.83. The molecule has 0 aliphatic heterocycles. The lowest BCUT2D eigenvalue weighted by molar-refractivity contribution is -0.141. The van der Waals surface area contributed by atoms with E-state index in [1.807, 2.05) is 0 Å². The van der Waals surface area contributed by atoms with Gasteiger partial charge in [0, 0.05) is 13.0 Å². The summed E-state index contributed by atoms with van der Waals surface area (Å²) in [6.07, 6.45) is 2.22. The van der Waals surface area contributed by atoms with E-state index in [0.29, 0.717) is 18.9 Å². The highest BCUT2D eigenvalue weighted by Gasteiger charge is 2.50. The van der Waals surface area contributed by atoms with Gasteiger partial charge in [0.2, 0.25) is 0 Å². The van der Waals surface area contributed by atoms with E-state index in [1.165, 1.54) is 17.5 Å². The molecule has 0 radical (unpaired) electrons. The quantitative estimate of drug-likeness (QED) is 0.459. The van der Waals surface area contributed by atoms with E-state index in [-0.39, 0.29) is 11.0 Å². The number of hydrogen-bond acceptors (Lipinski definition) is 3. The highest BCUT2D eigenvalue weighted by Crippen LogP contribution is 2.37. The van der Waals surface area contributed by atoms with Crippen molar-refractivity contribution in [3.63, 3.8) is 0 Å². The third kappa shape index (κ3) is 5.12. The summed E-state index contributed by atoms with van der Waals surface area (Å²) in [7, 11) is -1.06. The molecule has 152 valence electrons. The summed E-state index contributed by atoms with van der Waals surface area (Å²) < 4.78 is 11.8. The molecule has 0 saturated carbocycles. The number of methoxy groups -OCH3 is 1. The van der Waals surface area contributed by atoms with Crippen LogP contribution in [0.3, 0.4) is 0 Å². The van der Waals surface area contributed by atoms with Crippen molar-refractivity contribution < 1.29 is 14.0 Å². The van der Waals surface area contributed by atoms with Crippen molar-refractivity contribution in [2.24, 2.45) is 5.92 Å². The standard InChI is InChI=1S/C24H34O3Si/c1-6-20(17-18-23(25)26-5)19-27-28(24(2,3)4,21-13-9-7-10-14-21)22-15-11-8-12-16-22/h7-16,20H,6,17-19H2,1-5H3/t20-/m0/s1. The van der Waals surface area contributed by atoms with Crippen molar-refractivity contribution in [3.05, 3.63) is 60.7 Å². The molecule has 0 amide bonds. The first-order valence-electron chi connectivity index (χ1n) is 10.2. The monoisotopic (exact) mass is 398 g/mol. The number of benzene rings is 2. The van der Waals surface area contributed by atoms with E-state index < -0.39 is 8.32 Å². The topological polar surface area (TPSA) is 35.5 Å². The van der Waals surface area contributed by atoms with Gasteiger partial charge < -0.3 is 9.16 Å². The Morgan fingerprint density at radius 2 is 1.46 bits per heavy atom. The minimum atomic E-state index is -2.51. The molecule has 0 aromatic heterocycles. The van der Waals surface area contributed by atoms with Crippen LogP contribution in [-0.4, -0.2) is 28.0 Å². The highest BCUT2D eigenvalue weighted by molar-refractivity contribution is 6.99. The smallest absolute Gasteiger partial charge is 0.305 e. The van der Waals surface area contributed by atoms with Crippen LogP contribution in [0.25, 0.3) is 0 Å². The predicted octanol–water partition coefficient (Wildman–Crippen LogP) is 4.54. The second-order valence-electron chi connectivity index (χ2n) is 8.36. The second kappa shape index (κ2) is 10.0. The van der Waals surface area contributed by atoms with Gasteiger partial charge in [-0.15, -0.1) is 0 Å². The molecule has 0 aliphatic carbocycles. The molecule has 0 fully saturated rings. The number of esters is 1. The van der Waals surface area contributed by atoms with Crippen LogP contribution >= 0.6 is 0 Å². The van der Waals surface area contributed by atoms with Crippen molar-refractivity contribution in [2.75, 3.05) is 13.7 Å². The number of rotatable bonds is 9. The molecule has 0 unspecified atom stereocenters. The Kier molecular flexibility index (Phi) is 8.02.